The van der Waals surface area contributed by atoms with Crippen LogP contribution in [0.15, 0.2) is 59.5 Å². The average molecular weight is 387 g/mol. The second-order valence-corrected chi connectivity index (χ2v) is 8.49. The summed E-state index contributed by atoms with van der Waals surface area (Å²) in [6.07, 6.45) is 0.534. The molecular weight excluding hydrogens is 360 g/mol. The molecule has 0 amide bonds. The summed E-state index contributed by atoms with van der Waals surface area (Å²) in [4.78, 5) is 26.1. The van der Waals surface area contributed by atoms with Gasteiger partial charge < -0.3 is 9.84 Å². The van der Waals surface area contributed by atoms with Gasteiger partial charge in [0.1, 0.15) is 17.1 Å². The number of benzene rings is 2. The number of esters is 1. The fraction of sp³-hybridized carbons (Fsp3) is 0.364. The fourth-order valence-electron chi connectivity index (χ4n) is 2.55. The maximum absolute atomic E-state index is 12.6. The number of carbonyl (C=O) groups is 2. The SMILES string of the molecule is CC(C)(C)OC(=O)C(CC(=O)CSc1ccccc1)Cc1ccc(O)cc1. The van der Waals surface area contributed by atoms with E-state index in [0.717, 1.165) is 10.5 Å². The standard InChI is InChI=1S/C22H26O4S/c1-22(2,3)26-21(25)17(13-16-9-11-18(23)12-10-16)14-19(24)15-27-20-7-5-4-6-8-20/h4-12,17,23H,13-15H2,1-3H3. The summed E-state index contributed by atoms with van der Waals surface area (Å²) in [5.41, 5.74) is 0.277. The number of hydrogen-bond acceptors (Lipinski definition) is 5. The molecule has 0 heterocycles. The lowest BCUT2D eigenvalue weighted by Gasteiger charge is -2.24. The van der Waals surface area contributed by atoms with E-state index in [1.165, 1.54) is 11.8 Å². The number of ether oxygens (including phenoxy) is 1. The van der Waals surface area contributed by atoms with Gasteiger partial charge in [-0.1, -0.05) is 30.3 Å². The summed E-state index contributed by atoms with van der Waals surface area (Å²) in [6.45, 7) is 5.45. The number of carbonyl (C=O) groups excluding carboxylic acids is 2. The molecule has 2 rings (SSSR count). The molecule has 0 aliphatic carbocycles. The van der Waals surface area contributed by atoms with Crippen molar-refractivity contribution in [3.63, 3.8) is 0 Å². The molecule has 0 radical (unpaired) electrons. The van der Waals surface area contributed by atoms with Gasteiger partial charge in [0.2, 0.25) is 0 Å². The lowest BCUT2D eigenvalue weighted by molar-refractivity contribution is -0.161. The number of aromatic hydroxyl groups is 1. The zero-order chi connectivity index (χ0) is 19.9. The normalized spacial score (nSPS) is 12.4. The number of Topliss-reactive ketones (excluding diaryl/α,β-unsaturated/α-hetero) is 1. The van der Waals surface area contributed by atoms with Gasteiger partial charge in [0.25, 0.3) is 0 Å². The van der Waals surface area contributed by atoms with Crippen molar-refractivity contribution < 1.29 is 19.4 Å². The summed E-state index contributed by atoms with van der Waals surface area (Å²) >= 11 is 1.47. The minimum atomic E-state index is -0.605. The summed E-state index contributed by atoms with van der Waals surface area (Å²) in [5, 5.41) is 9.43. The Morgan fingerprint density at radius 2 is 1.67 bits per heavy atom. The van der Waals surface area contributed by atoms with Gasteiger partial charge in [-0.2, -0.15) is 0 Å². The molecule has 0 aliphatic heterocycles. The van der Waals surface area contributed by atoms with E-state index in [4.69, 9.17) is 4.74 Å². The number of ketones is 1. The topological polar surface area (TPSA) is 63.6 Å². The van der Waals surface area contributed by atoms with Crippen LogP contribution in [0.4, 0.5) is 0 Å². The first-order chi connectivity index (χ1) is 12.7. The number of rotatable bonds is 8. The van der Waals surface area contributed by atoms with E-state index in [-0.39, 0.29) is 23.9 Å². The Morgan fingerprint density at radius 3 is 2.26 bits per heavy atom. The highest BCUT2D eigenvalue weighted by atomic mass is 32.2. The van der Waals surface area contributed by atoms with Crippen LogP contribution >= 0.6 is 11.8 Å². The molecule has 2 aromatic rings. The Morgan fingerprint density at radius 1 is 1.04 bits per heavy atom. The first kappa shape index (κ1) is 21.0. The number of thioether (sulfide) groups is 1. The Hall–Kier alpha value is -2.27. The Bertz CT molecular complexity index is 748. The predicted octanol–water partition coefficient (Wildman–Crippen LogP) is 4.64. The van der Waals surface area contributed by atoms with Crippen molar-refractivity contribution in [1.82, 2.24) is 0 Å². The monoisotopic (exact) mass is 386 g/mol. The molecule has 0 aliphatic rings. The van der Waals surface area contributed by atoms with Crippen molar-refractivity contribution in [3.8, 4) is 5.75 Å². The Kier molecular flexibility index (Phi) is 7.48. The van der Waals surface area contributed by atoms with Crippen molar-refractivity contribution in [2.75, 3.05) is 5.75 Å². The largest absolute Gasteiger partial charge is 0.508 e. The van der Waals surface area contributed by atoms with Crippen LogP contribution in [0.2, 0.25) is 0 Å². The zero-order valence-electron chi connectivity index (χ0n) is 16.0. The van der Waals surface area contributed by atoms with Gasteiger partial charge in [-0.3, -0.25) is 9.59 Å². The maximum Gasteiger partial charge on any atom is 0.310 e. The molecule has 5 heteroatoms. The minimum absolute atomic E-state index is 0.0125. The van der Waals surface area contributed by atoms with Crippen LogP contribution in [-0.2, 0) is 20.7 Å². The molecule has 1 unspecified atom stereocenters. The molecule has 2 aromatic carbocycles. The van der Waals surface area contributed by atoms with Crippen LogP contribution in [0.3, 0.4) is 0 Å². The van der Waals surface area contributed by atoms with Gasteiger partial charge in [0, 0.05) is 11.3 Å². The van der Waals surface area contributed by atoms with Gasteiger partial charge in [0.05, 0.1) is 11.7 Å². The summed E-state index contributed by atoms with van der Waals surface area (Å²) in [7, 11) is 0. The third-order valence-corrected chi connectivity index (χ3v) is 4.85. The van der Waals surface area contributed by atoms with E-state index >= 15 is 0 Å². The summed E-state index contributed by atoms with van der Waals surface area (Å²) in [6, 6.07) is 16.4. The van der Waals surface area contributed by atoms with E-state index in [1.807, 2.05) is 51.1 Å². The summed E-state index contributed by atoms with van der Waals surface area (Å²) in [5.74, 6) is -0.411. The Balaban J connectivity index is 2.02. The smallest absolute Gasteiger partial charge is 0.310 e. The maximum atomic E-state index is 12.6. The number of phenols is 1. The molecule has 27 heavy (non-hydrogen) atoms. The van der Waals surface area contributed by atoms with Crippen LogP contribution in [-0.4, -0.2) is 28.2 Å². The molecule has 0 saturated carbocycles. The molecule has 144 valence electrons. The van der Waals surface area contributed by atoms with Crippen molar-refractivity contribution in [2.45, 2.75) is 44.1 Å². The molecule has 0 spiro atoms. The first-order valence-corrected chi connectivity index (χ1v) is 9.92. The molecular formula is C22H26O4S. The van der Waals surface area contributed by atoms with Gasteiger partial charge in [-0.05, 0) is 57.0 Å². The molecule has 0 aromatic heterocycles. The van der Waals surface area contributed by atoms with Gasteiger partial charge in [0.15, 0.2) is 0 Å². The van der Waals surface area contributed by atoms with Crippen LogP contribution in [0, 0.1) is 5.92 Å². The van der Waals surface area contributed by atoms with Crippen molar-refractivity contribution in [3.05, 3.63) is 60.2 Å². The molecule has 4 nitrogen and oxygen atoms in total. The molecule has 0 saturated heterocycles. The van der Waals surface area contributed by atoms with E-state index in [1.54, 1.807) is 24.3 Å². The lowest BCUT2D eigenvalue weighted by atomic mass is 9.94. The second kappa shape index (κ2) is 9.60. The van der Waals surface area contributed by atoms with Crippen LogP contribution < -0.4 is 0 Å². The van der Waals surface area contributed by atoms with E-state index in [9.17, 15) is 14.7 Å². The lowest BCUT2D eigenvalue weighted by Crippen LogP contribution is -2.31. The first-order valence-electron chi connectivity index (χ1n) is 8.93. The van der Waals surface area contributed by atoms with Crippen LogP contribution in [0.1, 0.15) is 32.8 Å². The van der Waals surface area contributed by atoms with Crippen molar-refractivity contribution >= 4 is 23.5 Å². The van der Waals surface area contributed by atoms with Gasteiger partial charge in [-0.15, -0.1) is 11.8 Å². The van der Waals surface area contributed by atoms with Crippen molar-refractivity contribution in [2.24, 2.45) is 5.92 Å². The summed E-state index contributed by atoms with van der Waals surface area (Å²) < 4.78 is 5.51. The predicted molar refractivity (Wildman–Crippen MR) is 108 cm³/mol. The number of hydrogen-bond donors (Lipinski definition) is 1. The minimum Gasteiger partial charge on any atom is -0.508 e. The second-order valence-electron chi connectivity index (χ2n) is 7.45. The van der Waals surface area contributed by atoms with Crippen molar-refractivity contribution in [1.29, 1.82) is 0 Å². The molecule has 0 bridgehead atoms. The van der Waals surface area contributed by atoms with Crippen LogP contribution in [0.5, 0.6) is 5.75 Å². The zero-order valence-corrected chi connectivity index (χ0v) is 16.8. The van der Waals surface area contributed by atoms with E-state index in [0.29, 0.717) is 12.2 Å². The van der Waals surface area contributed by atoms with Gasteiger partial charge >= 0.3 is 5.97 Å². The third-order valence-electron chi connectivity index (χ3n) is 3.78. The van der Waals surface area contributed by atoms with Crippen LogP contribution in [0.25, 0.3) is 0 Å². The molecule has 1 atom stereocenters. The fourth-order valence-corrected chi connectivity index (χ4v) is 3.35. The molecule has 0 fully saturated rings. The third kappa shape index (κ3) is 7.87. The highest BCUT2D eigenvalue weighted by molar-refractivity contribution is 8.00. The highest BCUT2D eigenvalue weighted by Gasteiger charge is 2.27. The van der Waals surface area contributed by atoms with Gasteiger partial charge in [-0.25, -0.2) is 0 Å². The van der Waals surface area contributed by atoms with E-state index in [2.05, 4.69) is 0 Å². The molecule has 1 N–H and O–H groups in total. The quantitative estimate of drug-likeness (QED) is 0.529. The van der Waals surface area contributed by atoms with E-state index < -0.39 is 11.5 Å². The highest BCUT2D eigenvalue weighted by Crippen LogP contribution is 2.23. The Labute approximate surface area is 164 Å². The number of phenolic OH excluding ortho intramolecular Hbond substituents is 1. The average Bonchev–Trinajstić information content (AvgIpc) is 2.60.